The second-order valence-corrected chi connectivity index (χ2v) is 4.50. The highest BCUT2D eigenvalue weighted by molar-refractivity contribution is 5.50. The predicted octanol–water partition coefficient (Wildman–Crippen LogP) is 1.81. The highest BCUT2D eigenvalue weighted by atomic mass is 19.2. The van der Waals surface area contributed by atoms with Crippen LogP contribution in [0.3, 0.4) is 0 Å². The second kappa shape index (κ2) is 5.92. The van der Waals surface area contributed by atoms with Gasteiger partial charge in [-0.2, -0.15) is 0 Å². The van der Waals surface area contributed by atoms with E-state index in [1.54, 1.807) is 0 Å². The normalized spacial score (nSPS) is 19.2. The molecule has 0 saturated carbocycles. The first kappa shape index (κ1) is 15.0. The van der Waals surface area contributed by atoms with Gasteiger partial charge in [0.25, 0.3) is 0 Å². The van der Waals surface area contributed by atoms with Gasteiger partial charge in [0.15, 0.2) is 23.3 Å². The second-order valence-electron chi connectivity index (χ2n) is 4.50. The Labute approximate surface area is 112 Å². The van der Waals surface area contributed by atoms with Crippen molar-refractivity contribution in [3.05, 3.63) is 29.1 Å². The Balaban J connectivity index is 2.27. The summed E-state index contributed by atoms with van der Waals surface area (Å²) in [6, 6.07) is 0. The Hall–Kier alpha value is -1.41. The number of hydrogen-bond acceptors (Lipinski definition) is 3. The van der Waals surface area contributed by atoms with Crippen LogP contribution in [0.5, 0.6) is 0 Å². The van der Waals surface area contributed by atoms with Crippen LogP contribution >= 0.6 is 0 Å². The molecule has 0 spiro atoms. The first-order valence-electron chi connectivity index (χ1n) is 5.98. The summed E-state index contributed by atoms with van der Waals surface area (Å²) in [7, 11) is 1.25. The summed E-state index contributed by atoms with van der Waals surface area (Å²) in [5, 5.41) is 3.01. The molecule has 1 saturated heterocycles. The fraction of sp³-hybridized carbons (Fsp3) is 0.500. The fourth-order valence-electron chi connectivity index (χ4n) is 2.06. The lowest BCUT2D eigenvalue weighted by atomic mass is 10.2. The number of benzene rings is 1. The molecule has 1 heterocycles. The minimum Gasteiger partial charge on any atom is -0.374 e. The van der Waals surface area contributed by atoms with Crippen molar-refractivity contribution in [3.63, 3.8) is 0 Å². The minimum atomic E-state index is -2.16. The highest BCUT2D eigenvalue weighted by Crippen LogP contribution is 2.29. The smallest absolute Gasteiger partial charge is 0.200 e. The monoisotopic (exact) mass is 296 g/mol. The van der Waals surface area contributed by atoms with Crippen molar-refractivity contribution >= 4 is 5.69 Å². The van der Waals surface area contributed by atoms with Gasteiger partial charge in [0.2, 0.25) is 5.82 Å². The van der Waals surface area contributed by atoms with Crippen LogP contribution in [-0.2, 0) is 4.74 Å². The predicted molar refractivity (Wildman–Crippen MR) is 62.1 cm³/mol. The lowest BCUT2D eigenvalue weighted by Gasteiger charge is -2.29. The molecule has 1 aromatic carbocycles. The molecule has 1 aliphatic rings. The molecule has 20 heavy (non-hydrogen) atoms. The lowest BCUT2D eigenvalue weighted by molar-refractivity contribution is 0.0338. The molecule has 3 nitrogen and oxygen atoms in total. The number of rotatable bonds is 3. The third kappa shape index (κ3) is 2.71. The zero-order chi connectivity index (χ0) is 14.9. The minimum absolute atomic E-state index is 0.00531. The van der Waals surface area contributed by atoms with Crippen LogP contribution in [0, 0.1) is 29.1 Å². The third-order valence-corrected chi connectivity index (χ3v) is 3.05. The molecule has 0 aromatic heterocycles. The first-order chi connectivity index (χ1) is 9.43. The maximum atomic E-state index is 13.6. The van der Waals surface area contributed by atoms with E-state index in [-0.39, 0.29) is 12.6 Å². The van der Waals surface area contributed by atoms with E-state index in [2.05, 4.69) is 5.32 Å². The number of nitrogens with zero attached hydrogens (tertiary/aromatic N) is 1. The molecule has 1 unspecified atom stereocenters. The van der Waals surface area contributed by atoms with Gasteiger partial charge in [-0.25, -0.2) is 22.0 Å². The zero-order valence-corrected chi connectivity index (χ0v) is 10.7. The van der Waals surface area contributed by atoms with E-state index in [0.29, 0.717) is 19.7 Å². The Bertz CT molecular complexity index is 476. The number of likely N-dealkylation sites (N-methyl/N-ethyl adjacent to an activating group) is 1. The Kier molecular flexibility index (Phi) is 4.44. The van der Waals surface area contributed by atoms with Crippen molar-refractivity contribution < 1.29 is 26.7 Å². The summed E-state index contributed by atoms with van der Waals surface area (Å²) in [5.74, 6) is -9.74. The molecule has 1 aliphatic heterocycles. The Morgan fingerprint density at radius 1 is 1.05 bits per heavy atom. The molecule has 0 bridgehead atoms. The van der Waals surface area contributed by atoms with Crippen LogP contribution in [0.25, 0.3) is 0 Å². The molecule has 0 amide bonds. The molecule has 1 atom stereocenters. The standard InChI is InChI=1S/C12H13F5N2O/c1-19(5-6-4-18-2-3-20-6)12-10(16)8(14)7(13)9(15)11(12)17/h6,18H,2-5H2,1H3. The average Bonchev–Trinajstić information content (AvgIpc) is 2.44. The van der Waals surface area contributed by atoms with Crippen LogP contribution < -0.4 is 10.2 Å². The maximum absolute atomic E-state index is 13.6. The van der Waals surface area contributed by atoms with E-state index in [1.165, 1.54) is 7.05 Å². The summed E-state index contributed by atoms with van der Waals surface area (Å²) < 4.78 is 71.7. The first-order valence-corrected chi connectivity index (χ1v) is 5.98. The number of hydrogen-bond donors (Lipinski definition) is 1. The molecule has 112 valence electrons. The SMILES string of the molecule is CN(CC1CNCCO1)c1c(F)c(F)c(F)c(F)c1F. The van der Waals surface area contributed by atoms with Crippen LogP contribution in [-0.4, -0.2) is 39.4 Å². The molecule has 0 aliphatic carbocycles. The van der Waals surface area contributed by atoms with Crippen molar-refractivity contribution in [2.24, 2.45) is 0 Å². The molecule has 1 aromatic rings. The summed E-state index contributed by atoms with van der Waals surface area (Å²) in [4.78, 5) is 0.966. The fourth-order valence-corrected chi connectivity index (χ4v) is 2.06. The summed E-state index contributed by atoms with van der Waals surface area (Å²) in [6.45, 7) is 1.53. The van der Waals surface area contributed by atoms with E-state index in [9.17, 15) is 22.0 Å². The molecule has 1 fully saturated rings. The van der Waals surface area contributed by atoms with Crippen molar-refractivity contribution in [1.82, 2.24) is 5.32 Å². The third-order valence-electron chi connectivity index (χ3n) is 3.05. The van der Waals surface area contributed by atoms with Gasteiger partial charge in [-0.1, -0.05) is 0 Å². The largest absolute Gasteiger partial charge is 0.374 e. The Morgan fingerprint density at radius 2 is 1.60 bits per heavy atom. The molecular weight excluding hydrogens is 283 g/mol. The van der Waals surface area contributed by atoms with Crippen molar-refractivity contribution in [3.8, 4) is 0 Å². The van der Waals surface area contributed by atoms with Crippen molar-refractivity contribution in [2.45, 2.75) is 6.10 Å². The summed E-state index contributed by atoms with van der Waals surface area (Å²) in [6.07, 6.45) is -0.385. The van der Waals surface area contributed by atoms with E-state index < -0.39 is 34.8 Å². The van der Waals surface area contributed by atoms with Crippen LogP contribution in [0.2, 0.25) is 0 Å². The van der Waals surface area contributed by atoms with Gasteiger partial charge in [0, 0.05) is 26.7 Å². The topological polar surface area (TPSA) is 24.5 Å². The van der Waals surface area contributed by atoms with Crippen molar-refractivity contribution in [1.29, 1.82) is 0 Å². The quantitative estimate of drug-likeness (QED) is 0.523. The number of ether oxygens (including phenoxy) is 1. The lowest BCUT2D eigenvalue weighted by Crippen LogP contribution is -2.44. The van der Waals surface area contributed by atoms with Crippen LogP contribution in [0.4, 0.5) is 27.6 Å². The average molecular weight is 296 g/mol. The van der Waals surface area contributed by atoms with Crippen LogP contribution in [0.15, 0.2) is 0 Å². The van der Waals surface area contributed by atoms with E-state index in [4.69, 9.17) is 4.74 Å². The van der Waals surface area contributed by atoms with Gasteiger partial charge in [0.1, 0.15) is 5.69 Å². The Morgan fingerprint density at radius 3 is 2.10 bits per heavy atom. The number of halogens is 5. The van der Waals surface area contributed by atoms with Gasteiger partial charge in [-0.15, -0.1) is 0 Å². The van der Waals surface area contributed by atoms with Gasteiger partial charge in [0.05, 0.1) is 12.7 Å². The van der Waals surface area contributed by atoms with E-state index >= 15 is 0 Å². The highest BCUT2D eigenvalue weighted by Gasteiger charge is 2.29. The van der Waals surface area contributed by atoms with Gasteiger partial charge in [-0.3, -0.25) is 0 Å². The number of anilines is 1. The van der Waals surface area contributed by atoms with Crippen molar-refractivity contribution in [2.75, 3.05) is 38.2 Å². The summed E-state index contributed by atoms with van der Waals surface area (Å²) >= 11 is 0. The number of morpholine rings is 1. The van der Waals surface area contributed by atoms with Gasteiger partial charge < -0.3 is 15.0 Å². The van der Waals surface area contributed by atoms with E-state index in [1.807, 2.05) is 0 Å². The molecule has 8 heteroatoms. The summed E-state index contributed by atoms with van der Waals surface area (Å²) in [5.41, 5.74) is -0.949. The van der Waals surface area contributed by atoms with Crippen LogP contribution in [0.1, 0.15) is 0 Å². The number of nitrogens with one attached hydrogen (secondary N) is 1. The molecule has 1 N–H and O–H groups in total. The maximum Gasteiger partial charge on any atom is 0.200 e. The van der Waals surface area contributed by atoms with Gasteiger partial charge in [-0.05, 0) is 0 Å². The molecule has 2 rings (SSSR count). The molecular formula is C12H13F5N2O. The molecule has 0 radical (unpaired) electrons. The van der Waals surface area contributed by atoms with E-state index in [0.717, 1.165) is 4.90 Å². The zero-order valence-electron chi connectivity index (χ0n) is 10.7. The van der Waals surface area contributed by atoms with Gasteiger partial charge >= 0.3 is 0 Å².